The summed E-state index contributed by atoms with van der Waals surface area (Å²) in [6, 6.07) is 4.56. The number of amides is 1. The Morgan fingerprint density at radius 2 is 2.05 bits per heavy atom. The highest BCUT2D eigenvalue weighted by molar-refractivity contribution is 7.11. The maximum Gasteiger partial charge on any atom is 0.253 e. The smallest absolute Gasteiger partial charge is 0.253 e. The highest BCUT2D eigenvalue weighted by Crippen LogP contribution is 2.23. The average molecular weight is 331 g/mol. The number of carbonyl (C=O) groups is 1. The average Bonchev–Trinajstić information content (AvgIpc) is 2.79. The lowest BCUT2D eigenvalue weighted by molar-refractivity contribution is -0.129. The van der Waals surface area contributed by atoms with E-state index < -0.39 is 12.0 Å². The summed E-state index contributed by atoms with van der Waals surface area (Å²) in [6.45, 7) is 2.22. The number of aromatic nitrogens is 1. The highest BCUT2D eigenvalue weighted by Gasteiger charge is 2.18. The third-order valence-corrected chi connectivity index (χ3v) is 3.90. The van der Waals surface area contributed by atoms with Gasteiger partial charge in [0.05, 0.1) is 11.6 Å². The Labute approximate surface area is 130 Å². The van der Waals surface area contributed by atoms with Crippen LogP contribution in [-0.4, -0.2) is 16.0 Å². The topological polar surface area (TPSA) is 62.2 Å². The molecule has 0 spiro atoms. The van der Waals surface area contributed by atoms with E-state index in [0.717, 1.165) is 9.88 Å². The van der Waals surface area contributed by atoms with Crippen LogP contribution >= 0.6 is 34.5 Å². The van der Waals surface area contributed by atoms with Crippen molar-refractivity contribution in [3.8, 4) is 0 Å². The molecule has 0 fully saturated rings. The minimum Gasteiger partial charge on any atom is -0.378 e. The van der Waals surface area contributed by atoms with E-state index in [4.69, 9.17) is 23.2 Å². The molecule has 1 aromatic carbocycles. The van der Waals surface area contributed by atoms with E-state index in [1.165, 1.54) is 29.5 Å². The summed E-state index contributed by atoms with van der Waals surface area (Å²) in [5.41, 5.74) is 0.362. The summed E-state index contributed by atoms with van der Waals surface area (Å²) in [7, 11) is 0. The van der Waals surface area contributed by atoms with Crippen LogP contribution in [0.4, 0.5) is 0 Å². The lowest BCUT2D eigenvalue weighted by Gasteiger charge is -2.11. The summed E-state index contributed by atoms with van der Waals surface area (Å²) < 4.78 is 0. The first-order valence-corrected chi connectivity index (χ1v) is 7.36. The SMILES string of the molecule is Cc1ncc(CNC(=O)C(O)c2cc(Cl)cc(Cl)c2)s1. The number of hydrogen-bond donors (Lipinski definition) is 2. The molecule has 0 saturated carbocycles. The molecular formula is C13H12Cl2N2O2S. The Bertz CT molecular complexity index is 610. The van der Waals surface area contributed by atoms with Crippen LogP contribution in [0.5, 0.6) is 0 Å². The first kappa shape index (κ1) is 15.3. The Kier molecular flexibility index (Phi) is 4.99. The van der Waals surface area contributed by atoms with Gasteiger partial charge in [0, 0.05) is 21.1 Å². The molecule has 0 aliphatic rings. The molecule has 0 radical (unpaired) electrons. The molecule has 7 heteroatoms. The quantitative estimate of drug-likeness (QED) is 0.905. The van der Waals surface area contributed by atoms with Crippen LogP contribution in [0.1, 0.15) is 21.6 Å². The number of rotatable bonds is 4. The third kappa shape index (κ3) is 3.93. The van der Waals surface area contributed by atoms with Crippen molar-refractivity contribution in [2.75, 3.05) is 0 Å². The number of nitrogens with zero attached hydrogens (tertiary/aromatic N) is 1. The zero-order valence-corrected chi connectivity index (χ0v) is 12.9. The van der Waals surface area contributed by atoms with Crippen molar-refractivity contribution in [2.45, 2.75) is 19.6 Å². The number of aryl methyl sites for hydroxylation is 1. The molecule has 0 bridgehead atoms. The van der Waals surface area contributed by atoms with Gasteiger partial charge in [0.15, 0.2) is 6.10 Å². The van der Waals surface area contributed by atoms with Crippen LogP contribution in [0.3, 0.4) is 0 Å². The summed E-state index contributed by atoms with van der Waals surface area (Å²) >= 11 is 13.2. The van der Waals surface area contributed by atoms with Crippen molar-refractivity contribution in [3.63, 3.8) is 0 Å². The lowest BCUT2D eigenvalue weighted by Crippen LogP contribution is -2.28. The molecule has 4 nitrogen and oxygen atoms in total. The van der Waals surface area contributed by atoms with Gasteiger partial charge in [0.25, 0.3) is 5.91 Å². The van der Waals surface area contributed by atoms with Gasteiger partial charge in [-0.25, -0.2) is 4.98 Å². The van der Waals surface area contributed by atoms with E-state index in [-0.39, 0.29) is 0 Å². The maximum atomic E-state index is 11.9. The Hall–Kier alpha value is -1.14. The van der Waals surface area contributed by atoms with Crippen LogP contribution in [0.15, 0.2) is 24.4 Å². The van der Waals surface area contributed by atoms with Crippen LogP contribution in [-0.2, 0) is 11.3 Å². The van der Waals surface area contributed by atoms with E-state index in [1.807, 2.05) is 6.92 Å². The Morgan fingerprint density at radius 1 is 1.40 bits per heavy atom. The fourth-order valence-corrected chi connectivity index (χ4v) is 2.92. The Balaban J connectivity index is 2.01. The summed E-state index contributed by atoms with van der Waals surface area (Å²) in [5.74, 6) is -0.505. The molecule has 1 atom stereocenters. The van der Waals surface area contributed by atoms with Gasteiger partial charge in [-0.2, -0.15) is 0 Å². The van der Waals surface area contributed by atoms with Gasteiger partial charge in [0.2, 0.25) is 0 Å². The molecule has 2 aromatic rings. The molecule has 1 aromatic heterocycles. The van der Waals surface area contributed by atoms with Crippen molar-refractivity contribution < 1.29 is 9.90 Å². The molecule has 2 rings (SSSR count). The second-order valence-electron chi connectivity index (χ2n) is 4.17. The summed E-state index contributed by atoms with van der Waals surface area (Å²) in [5, 5.41) is 14.3. The van der Waals surface area contributed by atoms with Crippen molar-refractivity contribution in [3.05, 3.63) is 49.9 Å². The van der Waals surface area contributed by atoms with Crippen molar-refractivity contribution in [2.24, 2.45) is 0 Å². The number of aliphatic hydroxyl groups excluding tert-OH is 1. The number of nitrogens with one attached hydrogen (secondary N) is 1. The van der Waals surface area contributed by atoms with E-state index >= 15 is 0 Å². The number of carbonyl (C=O) groups excluding carboxylic acids is 1. The van der Waals surface area contributed by atoms with Gasteiger partial charge in [-0.05, 0) is 30.7 Å². The number of halogens is 2. The molecule has 0 aliphatic carbocycles. The van der Waals surface area contributed by atoms with E-state index in [1.54, 1.807) is 6.20 Å². The maximum absolute atomic E-state index is 11.9. The Morgan fingerprint density at radius 3 is 2.60 bits per heavy atom. The van der Waals surface area contributed by atoms with E-state index in [9.17, 15) is 9.90 Å². The molecular weight excluding hydrogens is 319 g/mol. The standard InChI is InChI=1S/C13H12Cl2N2O2S/c1-7-16-5-11(20-7)6-17-13(19)12(18)8-2-9(14)4-10(15)3-8/h2-5,12,18H,6H2,1H3,(H,17,19). The van der Waals surface area contributed by atoms with Gasteiger partial charge in [-0.3, -0.25) is 4.79 Å². The molecule has 2 N–H and O–H groups in total. The second-order valence-corrected chi connectivity index (χ2v) is 6.36. The number of aliphatic hydroxyl groups is 1. The monoisotopic (exact) mass is 330 g/mol. The second kappa shape index (κ2) is 6.54. The van der Waals surface area contributed by atoms with Crippen molar-refractivity contribution in [1.29, 1.82) is 0 Å². The molecule has 106 valence electrons. The zero-order chi connectivity index (χ0) is 14.7. The fraction of sp³-hybridized carbons (Fsp3) is 0.231. The van der Waals surface area contributed by atoms with Gasteiger partial charge in [0.1, 0.15) is 0 Å². The minimum absolute atomic E-state index is 0.329. The van der Waals surface area contributed by atoms with Gasteiger partial charge in [-0.1, -0.05) is 23.2 Å². The fourth-order valence-electron chi connectivity index (χ4n) is 1.64. The third-order valence-electron chi connectivity index (χ3n) is 2.55. The predicted octanol–water partition coefficient (Wildman–Crippen LogP) is 3.11. The normalized spacial score (nSPS) is 12.2. The lowest BCUT2D eigenvalue weighted by atomic mass is 10.1. The number of hydrogen-bond acceptors (Lipinski definition) is 4. The summed E-state index contributed by atoms with van der Waals surface area (Å²) in [4.78, 5) is 16.9. The van der Waals surface area contributed by atoms with E-state index in [0.29, 0.717) is 22.2 Å². The zero-order valence-electron chi connectivity index (χ0n) is 10.6. The molecule has 1 amide bonds. The van der Waals surface area contributed by atoms with Crippen LogP contribution in [0.25, 0.3) is 0 Å². The highest BCUT2D eigenvalue weighted by atomic mass is 35.5. The molecule has 0 saturated heterocycles. The van der Waals surface area contributed by atoms with Crippen LogP contribution < -0.4 is 5.32 Å². The predicted molar refractivity (Wildman–Crippen MR) is 80.1 cm³/mol. The van der Waals surface area contributed by atoms with Gasteiger partial charge in [-0.15, -0.1) is 11.3 Å². The first-order chi connectivity index (χ1) is 9.45. The van der Waals surface area contributed by atoms with Crippen LogP contribution in [0.2, 0.25) is 10.0 Å². The first-order valence-electron chi connectivity index (χ1n) is 5.79. The minimum atomic E-state index is -1.31. The number of benzene rings is 1. The largest absolute Gasteiger partial charge is 0.378 e. The van der Waals surface area contributed by atoms with E-state index in [2.05, 4.69) is 10.3 Å². The van der Waals surface area contributed by atoms with Gasteiger partial charge >= 0.3 is 0 Å². The van der Waals surface area contributed by atoms with Crippen LogP contribution in [0, 0.1) is 6.92 Å². The molecule has 0 aliphatic heterocycles. The number of thiazole rings is 1. The summed E-state index contributed by atoms with van der Waals surface area (Å²) in [6.07, 6.45) is 0.392. The van der Waals surface area contributed by atoms with Crippen molar-refractivity contribution in [1.82, 2.24) is 10.3 Å². The van der Waals surface area contributed by atoms with Gasteiger partial charge < -0.3 is 10.4 Å². The molecule has 1 unspecified atom stereocenters. The molecule has 1 heterocycles. The molecule has 20 heavy (non-hydrogen) atoms. The van der Waals surface area contributed by atoms with Crippen molar-refractivity contribution >= 4 is 40.4 Å².